The second-order valence-corrected chi connectivity index (χ2v) is 4.29. The number of carboxylic acids is 1. The fraction of sp³-hybridized carbons (Fsp3) is 0.417. The molecule has 18 heavy (non-hydrogen) atoms. The van der Waals surface area contributed by atoms with Crippen molar-refractivity contribution in [2.24, 2.45) is 0 Å². The predicted molar refractivity (Wildman–Crippen MR) is 65.4 cm³/mol. The van der Waals surface area contributed by atoms with Crippen LogP contribution in [0.2, 0.25) is 0 Å². The molecule has 1 atom stereocenters. The summed E-state index contributed by atoms with van der Waals surface area (Å²) >= 11 is 0. The van der Waals surface area contributed by atoms with Crippen LogP contribution >= 0.6 is 0 Å². The van der Waals surface area contributed by atoms with Crippen molar-refractivity contribution in [1.29, 1.82) is 0 Å². The maximum Gasteiger partial charge on any atom is 0.340 e. The van der Waals surface area contributed by atoms with Crippen LogP contribution in [0.4, 0.5) is 15.8 Å². The molecule has 6 heteroatoms. The zero-order valence-electron chi connectivity index (χ0n) is 10.0. The Morgan fingerprint density at radius 2 is 2.33 bits per heavy atom. The number of anilines is 2. The average Bonchev–Trinajstić information content (AvgIpc) is 2.84. The first kappa shape index (κ1) is 12.6. The minimum atomic E-state index is -1.23. The van der Waals surface area contributed by atoms with Gasteiger partial charge in [0.25, 0.3) is 0 Å². The van der Waals surface area contributed by atoms with Crippen molar-refractivity contribution in [2.45, 2.75) is 12.5 Å². The van der Waals surface area contributed by atoms with Gasteiger partial charge in [0.05, 0.1) is 24.0 Å². The van der Waals surface area contributed by atoms with Crippen LogP contribution in [0.3, 0.4) is 0 Å². The number of carboxylic acid groups (broad SMARTS) is 1. The highest BCUT2D eigenvalue weighted by Crippen LogP contribution is 2.30. The monoisotopic (exact) mass is 254 g/mol. The normalized spacial score (nSPS) is 18.9. The van der Waals surface area contributed by atoms with Crippen LogP contribution in [0.1, 0.15) is 16.8 Å². The number of nitrogen functional groups attached to an aromatic ring is 1. The molecule has 98 valence electrons. The average molecular weight is 254 g/mol. The summed E-state index contributed by atoms with van der Waals surface area (Å²) in [6.07, 6.45) is 0.812. The van der Waals surface area contributed by atoms with Crippen LogP contribution in [-0.4, -0.2) is 37.4 Å². The number of benzene rings is 1. The number of carbonyl (C=O) groups is 1. The second-order valence-electron chi connectivity index (χ2n) is 4.29. The van der Waals surface area contributed by atoms with E-state index in [-0.39, 0.29) is 17.3 Å². The Morgan fingerprint density at radius 3 is 2.89 bits per heavy atom. The van der Waals surface area contributed by atoms with Crippen molar-refractivity contribution in [1.82, 2.24) is 0 Å². The van der Waals surface area contributed by atoms with E-state index in [0.717, 1.165) is 6.42 Å². The van der Waals surface area contributed by atoms with Gasteiger partial charge < -0.3 is 20.5 Å². The summed E-state index contributed by atoms with van der Waals surface area (Å²) < 4.78 is 18.6. The highest BCUT2D eigenvalue weighted by molar-refractivity contribution is 6.00. The number of likely N-dealkylation sites (N-methyl/N-ethyl adjacent to an activating group) is 1. The Hall–Kier alpha value is -1.82. The van der Waals surface area contributed by atoms with Crippen LogP contribution in [-0.2, 0) is 4.74 Å². The number of nitrogens with two attached hydrogens (primary N) is 1. The molecular weight excluding hydrogens is 239 g/mol. The van der Waals surface area contributed by atoms with Crippen molar-refractivity contribution in [3.05, 3.63) is 23.5 Å². The minimum absolute atomic E-state index is 0.0907. The summed E-state index contributed by atoms with van der Waals surface area (Å²) in [4.78, 5) is 13.0. The third-order valence-corrected chi connectivity index (χ3v) is 3.22. The van der Waals surface area contributed by atoms with Gasteiger partial charge in [0.15, 0.2) is 0 Å². The molecule has 0 bridgehead atoms. The van der Waals surface area contributed by atoms with Crippen LogP contribution in [0, 0.1) is 5.82 Å². The molecule has 1 fully saturated rings. The number of ether oxygens (including phenoxy) is 1. The number of hydrogen-bond acceptors (Lipinski definition) is 4. The summed E-state index contributed by atoms with van der Waals surface area (Å²) in [5.74, 6) is -1.94. The number of rotatable bonds is 3. The van der Waals surface area contributed by atoms with Crippen molar-refractivity contribution in [3.63, 3.8) is 0 Å². The van der Waals surface area contributed by atoms with E-state index in [4.69, 9.17) is 15.6 Å². The van der Waals surface area contributed by atoms with Crippen LogP contribution in [0.15, 0.2) is 12.1 Å². The quantitative estimate of drug-likeness (QED) is 0.796. The van der Waals surface area contributed by atoms with Crippen LogP contribution in [0.5, 0.6) is 0 Å². The molecular formula is C12H15FN2O3. The minimum Gasteiger partial charge on any atom is -0.478 e. The SMILES string of the molecule is CN(c1ccc(F)c(N)c1C(=O)O)C1CCOC1. The first-order chi connectivity index (χ1) is 8.52. The molecule has 0 amide bonds. The van der Waals surface area contributed by atoms with E-state index in [9.17, 15) is 9.18 Å². The van der Waals surface area contributed by atoms with Crippen molar-refractivity contribution >= 4 is 17.3 Å². The molecule has 0 radical (unpaired) electrons. The van der Waals surface area contributed by atoms with E-state index >= 15 is 0 Å². The van der Waals surface area contributed by atoms with Gasteiger partial charge in [0.1, 0.15) is 11.4 Å². The highest BCUT2D eigenvalue weighted by atomic mass is 19.1. The third-order valence-electron chi connectivity index (χ3n) is 3.22. The maximum atomic E-state index is 13.3. The van der Waals surface area contributed by atoms with Crippen molar-refractivity contribution in [2.75, 3.05) is 30.9 Å². The van der Waals surface area contributed by atoms with Crippen molar-refractivity contribution in [3.8, 4) is 0 Å². The van der Waals surface area contributed by atoms with Gasteiger partial charge in [-0.05, 0) is 18.6 Å². The lowest BCUT2D eigenvalue weighted by Gasteiger charge is -2.27. The lowest BCUT2D eigenvalue weighted by molar-refractivity contribution is 0.0698. The second kappa shape index (κ2) is 4.81. The van der Waals surface area contributed by atoms with Crippen LogP contribution < -0.4 is 10.6 Å². The van der Waals surface area contributed by atoms with Crippen LogP contribution in [0.25, 0.3) is 0 Å². The number of halogens is 1. The lowest BCUT2D eigenvalue weighted by Crippen LogP contribution is -2.33. The Labute approximate surface area is 104 Å². The topological polar surface area (TPSA) is 75.8 Å². The number of nitrogens with zero attached hydrogens (tertiary/aromatic N) is 1. The Balaban J connectivity index is 2.43. The molecule has 0 spiro atoms. The first-order valence-electron chi connectivity index (χ1n) is 5.64. The molecule has 1 saturated heterocycles. The van der Waals surface area contributed by atoms with E-state index in [1.54, 1.807) is 11.9 Å². The summed E-state index contributed by atoms with van der Waals surface area (Å²) in [7, 11) is 1.76. The third kappa shape index (κ3) is 2.11. The number of aromatic carboxylic acids is 1. The smallest absolute Gasteiger partial charge is 0.340 e. The molecule has 1 aromatic rings. The molecule has 3 N–H and O–H groups in total. The Kier molecular flexibility index (Phi) is 3.38. The van der Waals surface area contributed by atoms with E-state index in [2.05, 4.69) is 0 Å². The fourth-order valence-electron chi connectivity index (χ4n) is 2.13. The largest absolute Gasteiger partial charge is 0.478 e. The van der Waals surface area contributed by atoms with Gasteiger partial charge >= 0.3 is 5.97 Å². The first-order valence-corrected chi connectivity index (χ1v) is 5.64. The molecule has 5 nitrogen and oxygen atoms in total. The predicted octanol–water partition coefficient (Wildman–Crippen LogP) is 1.33. The molecule has 2 rings (SSSR count). The Bertz CT molecular complexity index is 473. The molecule has 0 aliphatic carbocycles. The van der Waals surface area contributed by atoms with Gasteiger partial charge in [0.2, 0.25) is 0 Å². The lowest BCUT2D eigenvalue weighted by atomic mass is 10.1. The van der Waals surface area contributed by atoms with Gasteiger partial charge in [-0.25, -0.2) is 9.18 Å². The zero-order chi connectivity index (χ0) is 13.3. The van der Waals surface area contributed by atoms with Gasteiger partial charge in [-0.1, -0.05) is 0 Å². The standard InChI is InChI=1S/C12H15FN2O3/c1-15(7-4-5-18-6-7)9-3-2-8(13)11(14)10(9)12(16)17/h2-3,7H,4-6,14H2,1H3,(H,16,17). The highest BCUT2D eigenvalue weighted by Gasteiger charge is 2.26. The van der Waals surface area contributed by atoms with Crippen molar-refractivity contribution < 1.29 is 19.0 Å². The summed E-state index contributed by atoms with van der Waals surface area (Å²) in [6, 6.07) is 2.71. The molecule has 1 unspecified atom stereocenters. The van der Waals surface area contributed by atoms with E-state index in [0.29, 0.717) is 18.9 Å². The molecule has 0 aromatic heterocycles. The van der Waals surface area contributed by atoms with Gasteiger partial charge in [-0.3, -0.25) is 0 Å². The van der Waals surface area contributed by atoms with Gasteiger partial charge in [-0.2, -0.15) is 0 Å². The van der Waals surface area contributed by atoms with E-state index in [1.807, 2.05) is 0 Å². The molecule has 1 aliphatic rings. The molecule has 1 aromatic carbocycles. The van der Waals surface area contributed by atoms with E-state index in [1.165, 1.54) is 12.1 Å². The summed E-state index contributed by atoms with van der Waals surface area (Å²) in [6.45, 7) is 1.18. The van der Waals surface area contributed by atoms with Gasteiger partial charge in [0, 0.05) is 13.7 Å². The Morgan fingerprint density at radius 1 is 1.61 bits per heavy atom. The van der Waals surface area contributed by atoms with Gasteiger partial charge in [-0.15, -0.1) is 0 Å². The molecule has 1 heterocycles. The maximum absolute atomic E-state index is 13.3. The molecule has 1 aliphatic heterocycles. The van der Waals surface area contributed by atoms with E-state index < -0.39 is 11.8 Å². The number of hydrogen-bond donors (Lipinski definition) is 2. The molecule has 0 saturated carbocycles. The summed E-state index contributed by atoms with van der Waals surface area (Å²) in [5, 5.41) is 9.16. The fourth-order valence-corrected chi connectivity index (χ4v) is 2.13. The summed E-state index contributed by atoms with van der Waals surface area (Å²) in [5.41, 5.74) is 5.40. The zero-order valence-corrected chi connectivity index (χ0v) is 10.0.